The Morgan fingerprint density at radius 2 is 1.95 bits per heavy atom. The maximum Gasteiger partial charge on any atom is 0.119 e. The summed E-state index contributed by atoms with van der Waals surface area (Å²) in [4.78, 5) is 3.58. The minimum Gasteiger partial charge on any atom is -0.394 e. The highest BCUT2D eigenvalue weighted by Gasteiger charge is 2.44. The van der Waals surface area contributed by atoms with Crippen LogP contribution in [0.25, 0.3) is 10.4 Å². The van der Waals surface area contributed by atoms with Crippen molar-refractivity contribution in [3.05, 3.63) is 40.3 Å². The second-order valence-corrected chi connectivity index (χ2v) is 6.00. The average Bonchev–Trinajstić information content (AvgIpc) is 2.49. The van der Waals surface area contributed by atoms with E-state index in [0.29, 0.717) is 0 Å². The lowest BCUT2D eigenvalue weighted by atomic mass is 9.99. The predicted molar refractivity (Wildman–Crippen MR) is 77.7 cm³/mol. The van der Waals surface area contributed by atoms with E-state index in [1.807, 2.05) is 31.2 Å². The van der Waals surface area contributed by atoms with Gasteiger partial charge in [-0.05, 0) is 24.6 Å². The molecular formula is C13H17N3O4S. The van der Waals surface area contributed by atoms with Crippen molar-refractivity contribution >= 4 is 11.8 Å². The number of aliphatic hydroxyl groups is 3. The number of aliphatic hydroxyl groups excluding tert-OH is 3. The zero-order valence-electron chi connectivity index (χ0n) is 11.4. The summed E-state index contributed by atoms with van der Waals surface area (Å²) in [5.74, 6) is 0. The van der Waals surface area contributed by atoms with Gasteiger partial charge in [-0.15, -0.1) is 0 Å². The predicted octanol–water partition coefficient (Wildman–Crippen LogP) is 1.21. The third-order valence-corrected chi connectivity index (χ3v) is 4.47. The fourth-order valence-electron chi connectivity index (χ4n) is 2.10. The molecule has 0 bridgehead atoms. The molecule has 1 aromatic carbocycles. The lowest BCUT2D eigenvalue weighted by Gasteiger charge is -2.40. The minimum absolute atomic E-state index is 0.424. The maximum atomic E-state index is 10.0. The Morgan fingerprint density at radius 1 is 1.29 bits per heavy atom. The molecule has 0 aliphatic carbocycles. The molecule has 2 rings (SSSR count). The SMILES string of the molecule is Cc1ccc(S[C@H]2O[C@H](CO)[C@@H](O)[C@H](O)[C@H]2N=[N+]=[N-])cc1. The average molecular weight is 311 g/mol. The van der Waals surface area contributed by atoms with E-state index in [1.54, 1.807) is 0 Å². The van der Waals surface area contributed by atoms with Gasteiger partial charge in [-0.1, -0.05) is 34.6 Å². The second-order valence-electron chi connectivity index (χ2n) is 4.83. The second kappa shape index (κ2) is 7.13. The quantitative estimate of drug-likeness (QED) is 0.438. The van der Waals surface area contributed by atoms with Crippen LogP contribution >= 0.6 is 11.8 Å². The molecule has 5 atom stereocenters. The van der Waals surface area contributed by atoms with Crippen LogP contribution in [0.1, 0.15) is 5.56 Å². The molecule has 0 unspecified atom stereocenters. The summed E-state index contributed by atoms with van der Waals surface area (Å²) >= 11 is 1.28. The number of hydrogen-bond donors (Lipinski definition) is 3. The van der Waals surface area contributed by atoms with Crippen molar-refractivity contribution in [3.8, 4) is 0 Å². The van der Waals surface area contributed by atoms with Gasteiger partial charge in [0.1, 0.15) is 23.7 Å². The molecule has 0 saturated carbocycles. The maximum absolute atomic E-state index is 10.0. The normalized spacial score (nSPS) is 32.5. The summed E-state index contributed by atoms with van der Waals surface area (Å²) in [7, 11) is 0. The van der Waals surface area contributed by atoms with Gasteiger partial charge in [0.15, 0.2) is 0 Å². The summed E-state index contributed by atoms with van der Waals surface area (Å²) in [6, 6.07) is 6.72. The van der Waals surface area contributed by atoms with E-state index in [9.17, 15) is 15.3 Å². The number of aryl methyl sites for hydroxylation is 1. The minimum atomic E-state index is -1.29. The van der Waals surface area contributed by atoms with Crippen LogP contribution in [-0.4, -0.2) is 51.7 Å². The first-order valence-corrected chi connectivity index (χ1v) is 7.34. The molecular weight excluding hydrogens is 294 g/mol. The molecule has 7 nitrogen and oxygen atoms in total. The number of thioether (sulfide) groups is 1. The van der Waals surface area contributed by atoms with Crippen LogP contribution in [0.4, 0.5) is 0 Å². The van der Waals surface area contributed by atoms with Crippen LogP contribution in [0.5, 0.6) is 0 Å². The smallest absolute Gasteiger partial charge is 0.119 e. The van der Waals surface area contributed by atoms with Gasteiger partial charge in [0.05, 0.1) is 12.7 Å². The summed E-state index contributed by atoms with van der Waals surface area (Å²) in [5.41, 5.74) is 9.05. The van der Waals surface area contributed by atoms with E-state index in [-0.39, 0.29) is 0 Å². The van der Waals surface area contributed by atoms with Crippen LogP contribution in [0, 0.1) is 6.92 Å². The van der Waals surface area contributed by atoms with Crippen molar-refractivity contribution in [3.63, 3.8) is 0 Å². The van der Waals surface area contributed by atoms with E-state index in [1.165, 1.54) is 11.8 Å². The Kier molecular flexibility index (Phi) is 5.46. The molecule has 0 aromatic heterocycles. The van der Waals surface area contributed by atoms with Crippen molar-refractivity contribution in [2.45, 2.75) is 41.6 Å². The number of azide groups is 1. The Bertz CT molecular complexity index is 521. The van der Waals surface area contributed by atoms with E-state index < -0.39 is 36.4 Å². The van der Waals surface area contributed by atoms with Crippen LogP contribution in [0.3, 0.4) is 0 Å². The van der Waals surface area contributed by atoms with Gasteiger partial charge in [-0.3, -0.25) is 0 Å². The van der Waals surface area contributed by atoms with Crippen molar-refractivity contribution in [2.24, 2.45) is 5.11 Å². The molecule has 0 spiro atoms. The molecule has 3 N–H and O–H groups in total. The van der Waals surface area contributed by atoms with Gasteiger partial charge in [-0.2, -0.15) is 0 Å². The highest BCUT2D eigenvalue weighted by molar-refractivity contribution is 7.99. The third kappa shape index (κ3) is 3.68. The van der Waals surface area contributed by atoms with Gasteiger partial charge in [0.25, 0.3) is 0 Å². The topological polar surface area (TPSA) is 119 Å². The molecule has 21 heavy (non-hydrogen) atoms. The number of benzene rings is 1. The van der Waals surface area contributed by atoms with E-state index in [2.05, 4.69) is 10.0 Å². The summed E-state index contributed by atoms with van der Waals surface area (Å²) in [5, 5.41) is 32.6. The third-order valence-electron chi connectivity index (χ3n) is 3.31. The summed E-state index contributed by atoms with van der Waals surface area (Å²) < 4.78 is 5.56. The van der Waals surface area contributed by atoms with E-state index >= 15 is 0 Å². The van der Waals surface area contributed by atoms with Crippen molar-refractivity contribution < 1.29 is 20.1 Å². The van der Waals surface area contributed by atoms with Crippen molar-refractivity contribution in [2.75, 3.05) is 6.61 Å². The van der Waals surface area contributed by atoms with Crippen LogP contribution in [-0.2, 0) is 4.74 Å². The first kappa shape index (κ1) is 16.1. The molecule has 1 aromatic rings. The lowest BCUT2D eigenvalue weighted by Crippen LogP contribution is -2.56. The molecule has 8 heteroatoms. The van der Waals surface area contributed by atoms with E-state index in [4.69, 9.17) is 10.3 Å². The molecule has 1 heterocycles. The van der Waals surface area contributed by atoms with Crippen LogP contribution < -0.4 is 0 Å². The fraction of sp³-hybridized carbons (Fsp3) is 0.538. The highest BCUT2D eigenvalue weighted by atomic mass is 32.2. The van der Waals surface area contributed by atoms with Crippen molar-refractivity contribution in [1.29, 1.82) is 0 Å². The van der Waals surface area contributed by atoms with Crippen molar-refractivity contribution in [1.82, 2.24) is 0 Å². The Labute approximate surface area is 126 Å². The highest BCUT2D eigenvalue weighted by Crippen LogP contribution is 2.35. The summed E-state index contributed by atoms with van der Waals surface area (Å²) in [6.07, 6.45) is -3.48. The molecule has 1 fully saturated rings. The number of rotatable bonds is 4. The van der Waals surface area contributed by atoms with Gasteiger partial charge >= 0.3 is 0 Å². The first-order chi connectivity index (χ1) is 10.1. The Balaban J connectivity index is 2.20. The van der Waals surface area contributed by atoms with Gasteiger partial charge < -0.3 is 20.1 Å². The van der Waals surface area contributed by atoms with Gasteiger partial charge in [-0.25, -0.2) is 0 Å². The lowest BCUT2D eigenvalue weighted by molar-refractivity contribution is -0.165. The first-order valence-electron chi connectivity index (χ1n) is 6.47. The molecule has 1 saturated heterocycles. The molecule has 0 amide bonds. The Morgan fingerprint density at radius 3 is 2.52 bits per heavy atom. The van der Waals surface area contributed by atoms with Gasteiger partial charge in [0.2, 0.25) is 0 Å². The van der Waals surface area contributed by atoms with Crippen LogP contribution in [0.15, 0.2) is 34.3 Å². The number of ether oxygens (including phenoxy) is 1. The zero-order valence-corrected chi connectivity index (χ0v) is 12.2. The Hall–Kier alpha value is -1.28. The summed E-state index contributed by atoms with van der Waals surface area (Å²) in [6.45, 7) is 1.54. The fourth-order valence-corrected chi connectivity index (χ4v) is 3.21. The zero-order chi connectivity index (χ0) is 15.4. The van der Waals surface area contributed by atoms with Gasteiger partial charge in [0, 0.05) is 9.81 Å². The standard InChI is InChI=1S/C13H17N3O4S/c1-7-2-4-8(5-3-7)21-13-10(15-16-14)12(19)11(18)9(6-17)20-13/h2-5,9-13,17-19H,6H2,1H3/t9-,10-,11-,12-,13-/m1/s1. The monoisotopic (exact) mass is 311 g/mol. The number of hydrogen-bond acceptors (Lipinski definition) is 6. The molecule has 0 radical (unpaired) electrons. The van der Waals surface area contributed by atoms with Crippen LogP contribution in [0.2, 0.25) is 0 Å². The number of nitrogens with zero attached hydrogens (tertiary/aromatic N) is 3. The molecule has 1 aliphatic rings. The molecule has 1 aliphatic heterocycles. The van der Waals surface area contributed by atoms with E-state index in [0.717, 1.165) is 10.5 Å². The molecule has 114 valence electrons. The largest absolute Gasteiger partial charge is 0.394 e.